The number of fused-ring (bicyclic) bond motifs is 1. The molecule has 2 aromatic rings. The normalized spacial score (nSPS) is 12.7. The molecule has 8 heteroatoms. The minimum Gasteiger partial charge on any atom is -0.454 e. The van der Waals surface area contributed by atoms with Crippen molar-refractivity contribution in [2.45, 2.75) is 4.90 Å². The first-order chi connectivity index (χ1) is 10.1. The van der Waals surface area contributed by atoms with Crippen LogP contribution in [0, 0.1) is 11.3 Å². The summed E-state index contributed by atoms with van der Waals surface area (Å²) in [5.41, 5.74) is 0.348. The van der Waals surface area contributed by atoms with Crippen LogP contribution >= 0.6 is 0 Å². The molecule has 2 heterocycles. The lowest BCUT2D eigenvalue weighted by atomic mass is 10.3. The van der Waals surface area contributed by atoms with Crippen LogP contribution in [-0.2, 0) is 10.0 Å². The van der Waals surface area contributed by atoms with Crippen molar-refractivity contribution in [3.05, 3.63) is 42.1 Å². The summed E-state index contributed by atoms with van der Waals surface area (Å²) in [6.07, 6.45) is 1.29. The Morgan fingerprint density at radius 2 is 2.00 bits per heavy atom. The maximum absolute atomic E-state index is 12.2. The molecule has 106 valence electrons. The van der Waals surface area contributed by atoms with Crippen LogP contribution in [0.2, 0.25) is 0 Å². The van der Waals surface area contributed by atoms with Crippen LogP contribution in [0.3, 0.4) is 0 Å². The summed E-state index contributed by atoms with van der Waals surface area (Å²) in [5.74, 6) is 1.02. The van der Waals surface area contributed by atoms with Crippen LogP contribution in [-0.4, -0.2) is 20.2 Å². The molecule has 0 aliphatic carbocycles. The van der Waals surface area contributed by atoms with Gasteiger partial charge < -0.3 is 9.47 Å². The summed E-state index contributed by atoms with van der Waals surface area (Å²) in [7, 11) is -3.79. The topological polar surface area (TPSA) is 101 Å². The van der Waals surface area contributed by atoms with E-state index >= 15 is 0 Å². The molecular formula is C13H9N3O4S. The first-order valence-electron chi connectivity index (χ1n) is 5.87. The number of anilines is 1. The maximum Gasteiger partial charge on any atom is 0.263 e. The smallest absolute Gasteiger partial charge is 0.263 e. The molecule has 0 unspecified atom stereocenters. The average molecular weight is 303 g/mol. The highest BCUT2D eigenvalue weighted by Crippen LogP contribution is 2.34. The second-order valence-corrected chi connectivity index (χ2v) is 5.85. The van der Waals surface area contributed by atoms with Crippen LogP contribution < -0.4 is 14.2 Å². The number of pyridine rings is 1. The number of aromatic nitrogens is 1. The summed E-state index contributed by atoms with van der Waals surface area (Å²) < 4.78 is 37.1. The van der Waals surface area contributed by atoms with Gasteiger partial charge in [-0.05, 0) is 24.3 Å². The van der Waals surface area contributed by atoms with Gasteiger partial charge in [-0.15, -0.1) is 0 Å². The summed E-state index contributed by atoms with van der Waals surface area (Å²) in [6.45, 7) is 0.0729. The lowest BCUT2D eigenvalue weighted by molar-refractivity contribution is 0.174. The lowest BCUT2D eigenvalue weighted by Gasteiger charge is -2.07. The number of sulfonamides is 1. The predicted molar refractivity (Wildman–Crippen MR) is 72.3 cm³/mol. The minimum atomic E-state index is -3.79. The first-order valence-corrected chi connectivity index (χ1v) is 7.35. The van der Waals surface area contributed by atoms with E-state index in [-0.39, 0.29) is 17.5 Å². The molecular weight excluding hydrogens is 294 g/mol. The monoisotopic (exact) mass is 303 g/mol. The van der Waals surface area contributed by atoms with E-state index in [0.717, 1.165) is 0 Å². The maximum atomic E-state index is 12.2. The first kappa shape index (κ1) is 13.2. The van der Waals surface area contributed by atoms with Crippen molar-refractivity contribution in [1.82, 2.24) is 4.98 Å². The van der Waals surface area contributed by atoms with Gasteiger partial charge in [0.25, 0.3) is 10.0 Å². The Hall–Kier alpha value is -2.79. The van der Waals surface area contributed by atoms with Gasteiger partial charge in [0, 0.05) is 12.3 Å². The van der Waals surface area contributed by atoms with Gasteiger partial charge in [0.05, 0.1) is 10.5 Å². The number of benzene rings is 1. The third kappa shape index (κ3) is 2.59. The molecule has 1 N–H and O–H groups in total. The van der Waals surface area contributed by atoms with Crippen LogP contribution in [0.4, 0.5) is 5.82 Å². The van der Waals surface area contributed by atoms with Gasteiger partial charge in [-0.2, -0.15) is 5.26 Å². The average Bonchev–Trinajstić information content (AvgIpc) is 2.95. The van der Waals surface area contributed by atoms with E-state index in [1.165, 1.54) is 36.5 Å². The highest BCUT2D eigenvalue weighted by molar-refractivity contribution is 7.92. The zero-order valence-electron chi connectivity index (χ0n) is 10.6. The van der Waals surface area contributed by atoms with Crippen molar-refractivity contribution >= 4 is 15.8 Å². The van der Waals surface area contributed by atoms with Gasteiger partial charge in [-0.3, -0.25) is 4.72 Å². The zero-order chi connectivity index (χ0) is 14.9. The molecule has 0 amide bonds. The van der Waals surface area contributed by atoms with E-state index in [9.17, 15) is 8.42 Å². The second kappa shape index (κ2) is 4.96. The van der Waals surface area contributed by atoms with Crippen LogP contribution in [0.1, 0.15) is 5.56 Å². The van der Waals surface area contributed by atoms with Gasteiger partial charge in [-0.25, -0.2) is 13.4 Å². The molecule has 0 saturated heterocycles. The predicted octanol–water partition coefficient (Wildman–Crippen LogP) is 1.48. The number of rotatable bonds is 3. The molecule has 0 bridgehead atoms. The Balaban J connectivity index is 1.88. The summed E-state index contributed by atoms with van der Waals surface area (Å²) in [6, 6.07) is 9.13. The molecule has 7 nitrogen and oxygen atoms in total. The highest BCUT2D eigenvalue weighted by Gasteiger charge is 2.20. The molecule has 0 spiro atoms. The van der Waals surface area contributed by atoms with Gasteiger partial charge in [0.2, 0.25) is 6.79 Å². The standard InChI is InChI=1S/C13H9N3O4S/c14-6-9-1-4-13(15-7-9)16-21(17,18)10-2-3-11-12(5-10)20-8-19-11/h1-5,7H,8H2,(H,15,16). The Morgan fingerprint density at radius 1 is 1.19 bits per heavy atom. The lowest BCUT2D eigenvalue weighted by Crippen LogP contribution is -2.13. The molecule has 1 aromatic heterocycles. The second-order valence-electron chi connectivity index (χ2n) is 4.16. The summed E-state index contributed by atoms with van der Waals surface area (Å²) in [4.78, 5) is 3.90. The Labute approximate surface area is 120 Å². The molecule has 1 aromatic carbocycles. The summed E-state index contributed by atoms with van der Waals surface area (Å²) in [5, 5.41) is 8.67. The van der Waals surface area contributed by atoms with Gasteiger partial charge in [0.1, 0.15) is 11.9 Å². The Bertz CT molecular complexity index is 825. The largest absolute Gasteiger partial charge is 0.454 e. The zero-order valence-corrected chi connectivity index (χ0v) is 11.4. The molecule has 21 heavy (non-hydrogen) atoms. The number of nitriles is 1. The van der Waals surface area contributed by atoms with Crippen molar-refractivity contribution in [2.75, 3.05) is 11.5 Å². The van der Waals surface area contributed by atoms with Crippen LogP contribution in [0.25, 0.3) is 0 Å². The molecule has 1 aliphatic rings. The van der Waals surface area contributed by atoms with E-state index in [1.807, 2.05) is 6.07 Å². The number of nitrogens with one attached hydrogen (secondary N) is 1. The van der Waals surface area contributed by atoms with Crippen molar-refractivity contribution in [3.63, 3.8) is 0 Å². The Morgan fingerprint density at radius 3 is 2.71 bits per heavy atom. The number of hydrogen-bond donors (Lipinski definition) is 1. The van der Waals surface area contributed by atoms with E-state index in [0.29, 0.717) is 17.1 Å². The fraction of sp³-hybridized carbons (Fsp3) is 0.0769. The van der Waals surface area contributed by atoms with Crippen molar-refractivity contribution in [3.8, 4) is 17.6 Å². The molecule has 0 fully saturated rings. The van der Waals surface area contributed by atoms with Gasteiger partial charge in [0.15, 0.2) is 11.5 Å². The number of ether oxygens (including phenoxy) is 2. The van der Waals surface area contributed by atoms with Gasteiger partial charge >= 0.3 is 0 Å². The fourth-order valence-corrected chi connectivity index (χ4v) is 2.78. The molecule has 1 aliphatic heterocycles. The SMILES string of the molecule is N#Cc1ccc(NS(=O)(=O)c2ccc3c(c2)OCO3)nc1. The van der Waals surface area contributed by atoms with E-state index < -0.39 is 10.0 Å². The quantitative estimate of drug-likeness (QED) is 0.921. The Kier molecular flexibility index (Phi) is 3.12. The van der Waals surface area contributed by atoms with Gasteiger partial charge in [-0.1, -0.05) is 0 Å². The van der Waals surface area contributed by atoms with Crippen molar-refractivity contribution in [1.29, 1.82) is 5.26 Å². The molecule has 0 atom stereocenters. The molecule has 0 radical (unpaired) electrons. The minimum absolute atomic E-state index is 0.0397. The van der Waals surface area contributed by atoms with Crippen molar-refractivity contribution in [2.24, 2.45) is 0 Å². The van der Waals surface area contributed by atoms with Crippen LogP contribution in [0.15, 0.2) is 41.4 Å². The summed E-state index contributed by atoms with van der Waals surface area (Å²) >= 11 is 0. The number of hydrogen-bond acceptors (Lipinski definition) is 6. The fourth-order valence-electron chi connectivity index (χ4n) is 1.76. The van der Waals surface area contributed by atoms with E-state index in [4.69, 9.17) is 14.7 Å². The van der Waals surface area contributed by atoms with Crippen molar-refractivity contribution < 1.29 is 17.9 Å². The van der Waals surface area contributed by atoms with E-state index in [2.05, 4.69) is 9.71 Å². The van der Waals surface area contributed by atoms with E-state index in [1.54, 1.807) is 0 Å². The molecule has 0 saturated carbocycles. The number of nitrogens with zero attached hydrogens (tertiary/aromatic N) is 2. The third-order valence-corrected chi connectivity index (χ3v) is 4.14. The third-order valence-electron chi connectivity index (χ3n) is 2.79. The highest BCUT2D eigenvalue weighted by atomic mass is 32.2. The van der Waals surface area contributed by atoms with Crippen LogP contribution in [0.5, 0.6) is 11.5 Å². The molecule has 3 rings (SSSR count).